The summed E-state index contributed by atoms with van der Waals surface area (Å²) in [4.78, 5) is 22.7. The lowest BCUT2D eigenvalue weighted by Gasteiger charge is -2.19. The molecule has 12 heavy (non-hydrogen) atoms. The Hall–Kier alpha value is -1.06. The molecule has 4 nitrogen and oxygen atoms in total. The minimum Gasteiger partial charge on any atom is -0.444 e. The summed E-state index contributed by atoms with van der Waals surface area (Å²) >= 11 is 0. The SMILES string of the molecule is CC(C)(C)OC(=O)N1CC1C=O. The van der Waals surface area contributed by atoms with Crippen molar-refractivity contribution in [2.45, 2.75) is 32.4 Å². The van der Waals surface area contributed by atoms with Crippen LogP contribution in [0.4, 0.5) is 4.79 Å². The third-order valence-corrected chi connectivity index (χ3v) is 1.44. The summed E-state index contributed by atoms with van der Waals surface area (Å²) in [6.07, 6.45) is 0.351. The first-order valence-electron chi connectivity index (χ1n) is 3.89. The van der Waals surface area contributed by atoms with Crippen molar-refractivity contribution in [1.29, 1.82) is 0 Å². The fourth-order valence-corrected chi connectivity index (χ4v) is 0.801. The van der Waals surface area contributed by atoms with Gasteiger partial charge < -0.3 is 9.53 Å². The van der Waals surface area contributed by atoms with Crippen molar-refractivity contribution >= 4 is 12.4 Å². The molecule has 1 saturated heterocycles. The largest absolute Gasteiger partial charge is 0.444 e. The van der Waals surface area contributed by atoms with Gasteiger partial charge in [0.15, 0.2) is 0 Å². The molecule has 1 aliphatic heterocycles. The molecule has 0 aromatic heterocycles. The minimum atomic E-state index is -0.479. The van der Waals surface area contributed by atoms with E-state index in [2.05, 4.69) is 0 Å². The molecule has 68 valence electrons. The highest BCUT2D eigenvalue weighted by Crippen LogP contribution is 2.19. The molecule has 0 spiro atoms. The quantitative estimate of drug-likeness (QED) is 0.433. The molecule has 1 amide bonds. The van der Waals surface area contributed by atoms with Crippen molar-refractivity contribution in [2.24, 2.45) is 0 Å². The van der Waals surface area contributed by atoms with Gasteiger partial charge in [0, 0.05) is 0 Å². The van der Waals surface area contributed by atoms with Gasteiger partial charge in [-0.05, 0) is 20.8 Å². The average molecular weight is 171 g/mol. The molecule has 0 N–H and O–H groups in total. The van der Waals surface area contributed by atoms with Crippen LogP contribution in [0, 0.1) is 0 Å². The second-order valence-corrected chi connectivity index (χ2v) is 3.84. The first-order valence-corrected chi connectivity index (χ1v) is 3.89. The third-order valence-electron chi connectivity index (χ3n) is 1.44. The molecule has 1 fully saturated rings. The Morgan fingerprint density at radius 3 is 2.50 bits per heavy atom. The van der Waals surface area contributed by atoms with Crippen LogP contribution in [0.15, 0.2) is 0 Å². The monoisotopic (exact) mass is 171 g/mol. The minimum absolute atomic E-state index is 0.250. The number of rotatable bonds is 1. The second-order valence-electron chi connectivity index (χ2n) is 3.84. The number of amides is 1. The topological polar surface area (TPSA) is 46.4 Å². The molecule has 0 aromatic rings. The molecular weight excluding hydrogens is 158 g/mol. The maximum atomic E-state index is 11.1. The molecule has 0 radical (unpaired) electrons. The van der Waals surface area contributed by atoms with Crippen LogP contribution in [0.3, 0.4) is 0 Å². The molecule has 1 aliphatic rings. The van der Waals surface area contributed by atoms with Crippen LogP contribution in [-0.2, 0) is 9.53 Å². The Balaban J connectivity index is 2.36. The number of ether oxygens (including phenoxy) is 1. The van der Waals surface area contributed by atoms with Gasteiger partial charge in [-0.25, -0.2) is 4.79 Å². The van der Waals surface area contributed by atoms with Crippen molar-refractivity contribution in [1.82, 2.24) is 4.90 Å². The molecule has 1 unspecified atom stereocenters. The zero-order chi connectivity index (χ0) is 9.35. The number of nitrogens with zero attached hydrogens (tertiary/aromatic N) is 1. The number of hydrogen-bond donors (Lipinski definition) is 0. The average Bonchev–Trinajstić information content (AvgIpc) is 2.60. The Bertz CT molecular complexity index is 207. The highest BCUT2D eigenvalue weighted by atomic mass is 16.6. The van der Waals surface area contributed by atoms with E-state index in [1.54, 1.807) is 20.8 Å². The smallest absolute Gasteiger partial charge is 0.411 e. The van der Waals surface area contributed by atoms with Gasteiger partial charge in [0.2, 0.25) is 0 Å². The summed E-state index contributed by atoms with van der Waals surface area (Å²) in [6, 6.07) is -0.250. The number of carbonyl (C=O) groups is 2. The van der Waals surface area contributed by atoms with E-state index in [1.165, 1.54) is 4.90 Å². The van der Waals surface area contributed by atoms with E-state index in [4.69, 9.17) is 4.74 Å². The highest BCUT2D eigenvalue weighted by molar-refractivity contribution is 5.79. The first-order chi connectivity index (χ1) is 5.44. The van der Waals surface area contributed by atoms with E-state index in [9.17, 15) is 9.59 Å². The normalized spacial score (nSPS) is 21.9. The fourth-order valence-electron chi connectivity index (χ4n) is 0.801. The summed E-state index contributed by atoms with van der Waals surface area (Å²) in [6.45, 7) is 5.89. The summed E-state index contributed by atoms with van der Waals surface area (Å²) in [5, 5.41) is 0. The van der Waals surface area contributed by atoms with E-state index in [1.807, 2.05) is 0 Å². The lowest BCUT2D eigenvalue weighted by atomic mass is 10.2. The molecule has 4 heteroatoms. The van der Waals surface area contributed by atoms with Gasteiger partial charge in [-0.3, -0.25) is 4.90 Å². The Kier molecular flexibility index (Phi) is 2.08. The zero-order valence-corrected chi connectivity index (χ0v) is 7.53. The molecule has 1 heterocycles. The maximum Gasteiger partial charge on any atom is 0.411 e. The van der Waals surface area contributed by atoms with E-state index in [0.717, 1.165) is 6.29 Å². The third kappa shape index (κ3) is 2.22. The van der Waals surface area contributed by atoms with Crippen LogP contribution in [0.25, 0.3) is 0 Å². The van der Waals surface area contributed by atoms with Crippen molar-refractivity contribution in [2.75, 3.05) is 6.54 Å². The number of carbonyl (C=O) groups excluding carboxylic acids is 2. The maximum absolute atomic E-state index is 11.1. The Labute approximate surface area is 71.5 Å². The first kappa shape index (κ1) is 9.03. The van der Waals surface area contributed by atoms with E-state index >= 15 is 0 Å². The van der Waals surface area contributed by atoms with Gasteiger partial charge in [-0.1, -0.05) is 0 Å². The van der Waals surface area contributed by atoms with Crippen LogP contribution in [0.5, 0.6) is 0 Å². The van der Waals surface area contributed by atoms with Gasteiger partial charge in [-0.15, -0.1) is 0 Å². The molecule has 1 atom stereocenters. The summed E-state index contributed by atoms with van der Waals surface area (Å²) in [5.41, 5.74) is -0.479. The fraction of sp³-hybridized carbons (Fsp3) is 0.750. The van der Waals surface area contributed by atoms with Crippen molar-refractivity contribution < 1.29 is 14.3 Å². The van der Waals surface area contributed by atoms with Gasteiger partial charge in [0.25, 0.3) is 0 Å². The van der Waals surface area contributed by atoms with Crippen molar-refractivity contribution in [3.8, 4) is 0 Å². The van der Waals surface area contributed by atoms with Crippen molar-refractivity contribution in [3.05, 3.63) is 0 Å². The van der Waals surface area contributed by atoms with Crippen LogP contribution in [0.2, 0.25) is 0 Å². The predicted molar refractivity (Wildman–Crippen MR) is 42.8 cm³/mol. The molecule has 0 aromatic carbocycles. The zero-order valence-electron chi connectivity index (χ0n) is 7.53. The Morgan fingerprint density at radius 2 is 2.17 bits per heavy atom. The van der Waals surface area contributed by atoms with Crippen molar-refractivity contribution in [3.63, 3.8) is 0 Å². The highest BCUT2D eigenvalue weighted by Gasteiger charge is 2.40. The van der Waals surface area contributed by atoms with Gasteiger partial charge >= 0.3 is 6.09 Å². The van der Waals surface area contributed by atoms with E-state index < -0.39 is 11.7 Å². The van der Waals surface area contributed by atoms with E-state index in [0.29, 0.717) is 6.54 Å². The Morgan fingerprint density at radius 1 is 1.58 bits per heavy atom. The van der Waals surface area contributed by atoms with E-state index in [-0.39, 0.29) is 6.04 Å². The van der Waals surface area contributed by atoms with Gasteiger partial charge in [0.1, 0.15) is 17.9 Å². The lowest BCUT2D eigenvalue weighted by Crippen LogP contribution is -2.28. The number of aldehydes is 1. The van der Waals surface area contributed by atoms with Gasteiger partial charge in [0.05, 0.1) is 6.54 Å². The molecule has 1 rings (SSSR count). The van der Waals surface area contributed by atoms with Gasteiger partial charge in [-0.2, -0.15) is 0 Å². The van der Waals surface area contributed by atoms with Crippen LogP contribution < -0.4 is 0 Å². The summed E-state index contributed by atoms with van der Waals surface area (Å²) < 4.78 is 5.02. The van der Waals surface area contributed by atoms with Crippen LogP contribution >= 0.6 is 0 Å². The van der Waals surface area contributed by atoms with Crippen LogP contribution in [0.1, 0.15) is 20.8 Å². The molecule has 0 aliphatic carbocycles. The number of hydrogen-bond acceptors (Lipinski definition) is 3. The standard InChI is InChI=1S/C8H13NO3/c1-8(2,3)12-7(11)9-4-6(9)5-10/h5-6H,4H2,1-3H3. The molecule has 0 saturated carbocycles. The summed E-state index contributed by atoms with van der Waals surface area (Å²) in [7, 11) is 0. The molecule has 0 bridgehead atoms. The summed E-state index contributed by atoms with van der Waals surface area (Å²) in [5.74, 6) is 0. The predicted octanol–water partition coefficient (Wildman–Crippen LogP) is 0.805. The molecular formula is C8H13NO3. The second kappa shape index (κ2) is 2.77. The lowest BCUT2D eigenvalue weighted by molar-refractivity contribution is -0.108. The van der Waals surface area contributed by atoms with Crippen LogP contribution in [-0.4, -0.2) is 35.5 Å².